The minimum absolute atomic E-state index is 1.10. The summed E-state index contributed by atoms with van der Waals surface area (Å²) >= 11 is 1.68. The molecular formula is C19H14N2S. The van der Waals surface area contributed by atoms with Crippen molar-refractivity contribution >= 4 is 43.4 Å². The summed E-state index contributed by atoms with van der Waals surface area (Å²) in [4.78, 5) is 7.52. The van der Waals surface area contributed by atoms with Gasteiger partial charge in [-0.25, -0.2) is 4.98 Å². The number of hydrogen-bond acceptors (Lipinski definition) is 2. The highest BCUT2D eigenvalue weighted by Gasteiger charge is 2.00. The zero-order valence-corrected chi connectivity index (χ0v) is 12.7. The van der Waals surface area contributed by atoms with Crippen molar-refractivity contribution < 1.29 is 0 Å². The van der Waals surface area contributed by atoms with E-state index in [0.29, 0.717) is 0 Å². The molecule has 0 amide bonds. The molecule has 1 N–H and O–H groups in total. The number of benzene rings is 3. The van der Waals surface area contributed by atoms with Gasteiger partial charge in [-0.2, -0.15) is 0 Å². The van der Waals surface area contributed by atoms with Gasteiger partial charge in [-0.15, -0.1) is 11.3 Å². The molecule has 0 fully saturated rings. The number of nitrogens with one attached hydrogen (secondary N) is 1. The van der Waals surface area contributed by atoms with Crippen LogP contribution in [0.5, 0.6) is 0 Å². The summed E-state index contributed by atoms with van der Waals surface area (Å²) in [7, 11) is 0. The van der Waals surface area contributed by atoms with Gasteiger partial charge in [0.15, 0.2) is 0 Å². The van der Waals surface area contributed by atoms with Crippen LogP contribution in [-0.4, -0.2) is 9.97 Å². The molecule has 0 aliphatic carbocycles. The Labute approximate surface area is 132 Å². The van der Waals surface area contributed by atoms with E-state index in [1.54, 1.807) is 11.3 Å². The maximum Gasteiger partial charge on any atom is 0.0812 e. The van der Waals surface area contributed by atoms with Gasteiger partial charge in [0.05, 0.1) is 15.7 Å². The summed E-state index contributed by atoms with van der Waals surface area (Å²) in [6.07, 6.45) is 0. The van der Waals surface area contributed by atoms with Crippen molar-refractivity contribution in [2.75, 3.05) is 0 Å². The Morgan fingerprint density at radius 1 is 0.682 bits per heavy atom. The average molecular weight is 302 g/mol. The Balaban J connectivity index is 0.000000122. The number of H-pyrrole nitrogens is 1. The number of nitrogens with zero attached hydrogens (tertiary/aromatic N) is 1. The fraction of sp³-hybridized carbons (Fsp3) is 0. The summed E-state index contributed by atoms with van der Waals surface area (Å²) in [5.74, 6) is 0. The van der Waals surface area contributed by atoms with Crippen LogP contribution < -0.4 is 0 Å². The highest BCUT2D eigenvalue weighted by molar-refractivity contribution is 7.16. The lowest BCUT2D eigenvalue weighted by Gasteiger charge is -1.87. The SMILES string of the molecule is c1ccc2c(c1)[nH]c1ccccc12.c1ccc2scnc2c1. The Kier molecular flexibility index (Phi) is 3.33. The third-order valence-corrected chi connectivity index (χ3v) is 4.46. The number of aromatic nitrogens is 2. The predicted octanol–water partition coefficient (Wildman–Crippen LogP) is 5.62. The van der Waals surface area contributed by atoms with Crippen molar-refractivity contribution in [3.8, 4) is 0 Å². The lowest BCUT2D eigenvalue weighted by atomic mass is 10.2. The Morgan fingerprint density at radius 3 is 1.95 bits per heavy atom. The van der Waals surface area contributed by atoms with E-state index in [1.165, 1.54) is 26.5 Å². The molecule has 0 atom stereocenters. The van der Waals surface area contributed by atoms with Gasteiger partial charge in [-0.1, -0.05) is 48.5 Å². The first kappa shape index (κ1) is 13.0. The summed E-state index contributed by atoms with van der Waals surface area (Å²) in [5, 5.41) is 2.61. The molecule has 2 heterocycles. The van der Waals surface area contributed by atoms with Crippen LogP contribution in [0.1, 0.15) is 0 Å². The standard InChI is InChI=1S/C12H9N.C7H5NS/c1-3-7-11-9(5-1)10-6-2-4-8-12(10)13-11;1-2-4-7-6(3-1)8-5-9-7/h1-8,13H;1-5H. The molecular weight excluding hydrogens is 288 g/mol. The van der Waals surface area contributed by atoms with Crippen molar-refractivity contribution in [1.29, 1.82) is 0 Å². The second kappa shape index (κ2) is 5.62. The molecule has 2 nitrogen and oxygen atoms in total. The van der Waals surface area contributed by atoms with Gasteiger partial charge in [0.25, 0.3) is 0 Å². The topological polar surface area (TPSA) is 28.7 Å². The molecule has 3 aromatic carbocycles. The van der Waals surface area contributed by atoms with Crippen molar-refractivity contribution in [2.45, 2.75) is 0 Å². The number of rotatable bonds is 0. The van der Waals surface area contributed by atoms with E-state index in [4.69, 9.17) is 0 Å². The van der Waals surface area contributed by atoms with Crippen LogP contribution in [0, 0.1) is 0 Å². The number of para-hydroxylation sites is 3. The lowest BCUT2D eigenvalue weighted by molar-refractivity contribution is 1.50. The molecule has 0 radical (unpaired) electrons. The highest BCUT2D eigenvalue weighted by Crippen LogP contribution is 2.24. The van der Waals surface area contributed by atoms with E-state index < -0.39 is 0 Å². The number of thiazole rings is 1. The van der Waals surface area contributed by atoms with E-state index in [0.717, 1.165) is 5.52 Å². The Bertz CT molecular complexity index is 962. The van der Waals surface area contributed by atoms with Gasteiger partial charge < -0.3 is 4.98 Å². The molecule has 22 heavy (non-hydrogen) atoms. The van der Waals surface area contributed by atoms with Gasteiger partial charge >= 0.3 is 0 Å². The van der Waals surface area contributed by atoms with Crippen LogP contribution in [0.25, 0.3) is 32.0 Å². The summed E-state index contributed by atoms with van der Waals surface area (Å²) in [5.41, 5.74) is 5.39. The smallest absolute Gasteiger partial charge is 0.0812 e. The van der Waals surface area contributed by atoms with E-state index in [1.807, 2.05) is 23.7 Å². The summed E-state index contributed by atoms with van der Waals surface area (Å²) in [6.45, 7) is 0. The summed E-state index contributed by atoms with van der Waals surface area (Å²) < 4.78 is 1.26. The number of hydrogen-bond donors (Lipinski definition) is 1. The quantitative estimate of drug-likeness (QED) is 0.395. The summed E-state index contributed by atoms with van der Waals surface area (Å²) in [6, 6.07) is 24.9. The number of aromatic amines is 1. The molecule has 0 bridgehead atoms. The van der Waals surface area contributed by atoms with Gasteiger partial charge in [0.2, 0.25) is 0 Å². The van der Waals surface area contributed by atoms with Gasteiger partial charge in [0.1, 0.15) is 0 Å². The predicted molar refractivity (Wildman–Crippen MR) is 95.4 cm³/mol. The van der Waals surface area contributed by atoms with Crippen LogP contribution in [0.3, 0.4) is 0 Å². The Hall–Kier alpha value is -2.65. The molecule has 0 aliphatic heterocycles. The first-order valence-corrected chi connectivity index (χ1v) is 8.03. The fourth-order valence-electron chi connectivity index (χ4n) is 2.60. The average Bonchev–Trinajstić information content (AvgIpc) is 3.19. The van der Waals surface area contributed by atoms with E-state index in [9.17, 15) is 0 Å². The molecule has 106 valence electrons. The monoisotopic (exact) mass is 302 g/mol. The van der Waals surface area contributed by atoms with Crippen LogP contribution in [-0.2, 0) is 0 Å². The molecule has 3 heteroatoms. The maximum atomic E-state index is 4.14. The molecule has 5 aromatic rings. The molecule has 0 saturated heterocycles. The zero-order valence-electron chi connectivity index (χ0n) is 11.9. The van der Waals surface area contributed by atoms with Crippen molar-refractivity contribution in [3.63, 3.8) is 0 Å². The first-order chi connectivity index (χ1) is 10.9. The molecule has 2 aromatic heterocycles. The van der Waals surface area contributed by atoms with Crippen molar-refractivity contribution in [1.82, 2.24) is 9.97 Å². The van der Waals surface area contributed by atoms with Gasteiger partial charge in [-0.05, 0) is 24.3 Å². The minimum atomic E-state index is 1.10. The lowest BCUT2D eigenvalue weighted by Crippen LogP contribution is -1.62. The first-order valence-electron chi connectivity index (χ1n) is 7.15. The highest BCUT2D eigenvalue weighted by atomic mass is 32.1. The molecule has 0 aliphatic rings. The number of fused-ring (bicyclic) bond motifs is 4. The molecule has 0 saturated carbocycles. The molecule has 0 spiro atoms. The second-order valence-electron chi connectivity index (χ2n) is 5.04. The van der Waals surface area contributed by atoms with Crippen molar-refractivity contribution in [3.05, 3.63) is 78.3 Å². The van der Waals surface area contributed by atoms with Crippen LogP contribution in [0.4, 0.5) is 0 Å². The normalized spacial score (nSPS) is 10.7. The second-order valence-corrected chi connectivity index (χ2v) is 5.92. The maximum absolute atomic E-state index is 4.14. The van der Waals surface area contributed by atoms with Crippen LogP contribution >= 0.6 is 11.3 Å². The van der Waals surface area contributed by atoms with Crippen LogP contribution in [0.2, 0.25) is 0 Å². The molecule has 5 rings (SSSR count). The van der Waals surface area contributed by atoms with E-state index in [-0.39, 0.29) is 0 Å². The third kappa shape index (κ3) is 2.36. The zero-order chi connectivity index (χ0) is 14.8. The molecule has 0 unspecified atom stereocenters. The van der Waals surface area contributed by atoms with E-state index >= 15 is 0 Å². The van der Waals surface area contributed by atoms with Gasteiger partial charge in [0, 0.05) is 21.8 Å². The Morgan fingerprint density at radius 2 is 1.27 bits per heavy atom. The van der Waals surface area contributed by atoms with Crippen molar-refractivity contribution in [2.24, 2.45) is 0 Å². The van der Waals surface area contributed by atoms with Gasteiger partial charge in [-0.3, -0.25) is 0 Å². The fourth-order valence-corrected chi connectivity index (χ4v) is 3.28. The van der Waals surface area contributed by atoms with Crippen LogP contribution in [0.15, 0.2) is 78.3 Å². The largest absolute Gasteiger partial charge is 0.355 e. The third-order valence-electron chi connectivity index (χ3n) is 3.65. The minimum Gasteiger partial charge on any atom is -0.355 e. The van der Waals surface area contributed by atoms with E-state index in [2.05, 4.69) is 64.6 Å².